The van der Waals surface area contributed by atoms with Gasteiger partial charge < -0.3 is 0 Å². The Morgan fingerprint density at radius 2 is 2.00 bits per heavy atom. The van der Waals surface area contributed by atoms with E-state index in [4.69, 9.17) is 0 Å². The Kier molecular flexibility index (Phi) is 2.99. The lowest BCUT2D eigenvalue weighted by molar-refractivity contribution is 0.112. The molecule has 0 amide bonds. The molecule has 0 N–H and O–H groups in total. The molecule has 2 rings (SSSR count). The molecule has 88 valence electrons. The number of hydrogen-bond donors (Lipinski definition) is 0. The molecule has 0 radical (unpaired) electrons. The number of aromatic nitrogens is 2. The first-order valence-electron chi connectivity index (χ1n) is 5.14. The molecule has 0 aliphatic carbocycles. The lowest BCUT2D eigenvalue weighted by Gasteiger charge is -2.01. The molecule has 0 aliphatic heterocycles. The van der Waals surface area contributed by atoms with Gasteiger partial charge in [0, 0.05) is 12.7 Å². The molecule has 2 aromatic rings. The van der Waals surface area contributed by atoms with Crippen LogP contribution in [0.4, 0.5) is 8.78 Å². The summed E-state index contributed by atoms with van der Waals surface area (Å²) in [4.78, 5) is 10.9. The summed E-state index contributed by atoms with van der Waals surface area (Å²) in [6.45, 7) is 2.35. The molecule has 0 spiro atoms. The predicted octanol–water partition coefficient (Wildman–Crippen LogP) is 2.66. The van der Waals surface area contributed by atoms with Crippen molar-refractivity contribution < 1.29 is 13.6 Å². The number of aryl methyl sites for hydroxylation is 1. The fraction of sp³-hybridized carbons (Fsp3) is 0.167. The highest BCUT2D eigenvalue weighted by molar-refractivity contribution is 5.85. The van der Waals surface area contributed by atoms with Crippen molar-refractivity contribution in [3.63, 3.8) is 0 Å². The van der Waals surface area contributed by atoms with Crippen LogP contribution in [0, 0.1) is 11.6 Å². The first kappa shape index (κ1) is 11.4. The Hall–Kier alpha value is -2.04. The van der Waals surface area contributed by atoms with Crippen molar-refractivity contribution in [2.45, 2.75) is 13.5 Å². The Morgan fingerprint density at radius 3 is 2.53 bits per heavy atom. The van der Waals surface area contributed by atoms with Crippen LogP contribution in [0.2, 0.25) is 0 Å². The molecular formula is C12H10F2N2O. The summed E-state index contributed by atoms with van der Waals surface area (Å²) in [5.74, 6) is -1.45. The van der Waals surface area contributed by atoms with Crippen LogP contribution in [0.5, 0.6) is 0 Å². The third-order valence-corrected chi connectivity index (χ3v) is 2.44. The molecule has 1 heterocycles. The SMILES string of the molecule is CCn1cc(C=O)c(-c2c(F)cccc2F)n1. The van der Waals surface area contributed by atoms with Gasteiger partial charge in [-0.3, -0.25) is 9.48 Å². The van der Waals surface area contributed by atoms with Crippen molar-refractivity contribution in [3.05, 3.63) is 41.6 Å². The molecular weight excluding hydrogens is 226 g/mol. The van der Waals surface area contributed by atoms with Gasteiger partial charge in [-0.05, 0) is 19.1 Å². The number of carbonyl (C=O) groups excluding carboxylic acids is 1. The van der Waals surface area contributed by atoms with Gasteiger partial charge in [0.05, 0.1) is 11.1 Å². The first-order valence-corrected chi connectivity index (χ1v) is 5.14. The monoisotopic (exact) mass is 236 g/mol. The Morgan fingerprint density at radius 1 is 1.35 bits per heavy atom. The van der Waals surface area contributed by atoms with Crippen molar-refractivity contribution in [2.24, 2.45) is 0 Å². The van der Waals surface area contributed by atoms with Gasteiger partial charge in [0.2, 0.25) is 0 Å². The molecule has 0 saturated heterocycles. The molecule has 1 aromatic carbocycles. The molecule has 1 aromatic heterocycles. The summed E-state index contributed by atoms with van der Waals surface area (Å²) in [5, 5.41) is 4.00. The number of nitrogens with zero attached hydrogens (tertiary/aromatic N) is 2. The summed E-state index contributed by atoms with van der Waals surface area (Å²) in [5.41, 5.74) is -0.0462. The smallest absolute Gasteiger partial charge is 0.153 e. The number of halogens is 2. The number of hydrogen-bond acceptors (Lipinski definition) is 2. The summed E-state index contributed by atoms with van der Waals surface area (Å²) in [7, 11) is 0. The third-order valence-electron chi connectivity index (χ3n) is 2.44. The van der Waals surface area contributed by atoms with Crippen LogP contribution in [-0.2, 0) is 6.54 Å². The van der Waals surface area contributed by atoms with Gasteiger partial charge in [-0.15, -0.1) is 0 Å². The summed E-state index contributed by atoms with van der Waals surface area (Å²) >= 11 is 0. The van der Waals surface area contributed by atoms with Crippen molar-refractivity contribution >= 4 is 6.29 Å². The van der Waals surface area contributed by atoms with E-state index in [0.29, 0.717) is 12.8 Å². The van der Waals surface area contributed by atoms with E-state index in [9.17, 15) is 13.6 Å². The van der Waals surface area contributed by atoms with Gasteiger partial charge >= 0.3 is 0 Å². The van der Waals surface area contributed by atoms with E-state index in [1.165, 1.54) is 16.9 Å². The second kappa shape index (κ2) is 4.45. The van der Waals surface area contributed by atoms with Crippen molar-refractivity contribution in [3.8, 4) is 11.3 Å². The normalized spacial score (nSPS) is 10.5. The molecule has 17 heavy (non-hydrogen) atoms. The highest BCUT2D eigenvalue weighted by Crippen LogP contribution is 2.26. The molecule has 0 unspecified atom stereocenters. The summed E-state index contributed by atoms with van der Waals surface area (Å²) in [6.07, 6.45) is 2.01. The zero-order valence-electron chi connectivity index (χ0n) is 9.15. The van der Waals surface area contributed by atoms with Gasteiger partial charge in [-0.1, -0.05) is 6.07 Å². The standard InChI is InChI=1S/C12H10F2N2O/c1-2-16-6-8(7-17)12(15-16)11-9(13)4-3-5-10(11)14/h3-7H,2H2,1H3. The Bertz CT molecular complexity index is 543. The lowest BCUT2D eigenvalue weighted by atomic mass is 10.1. The fourth-order valence-electron chi connectivity index (χ4n) is 1.60. The van der Waals surface area contributed by atoms with E-state index >= 15 is 0 Å². The maximum Gasteiger partial charge on any atom is 0.153 e. The van der Waals surface area contributed by atoms with E-state index in [0.717, 1.165) is 12.1 Å². The molecule has 0 bridgehead atoms. The zero-order chi connectivity index (χ0) is 12.4. The van der Waals surface area contributed by atoms with Crippen LogP contribution in [0.3, 0.4) is 0 Å². The number of carbonyl (C=O) groups is 1. The number of aldehydes is 1. The van der Waals surface area contributed by atoms with Crippen LogP contribution < -0.4 is 0 Å². The molecule has 0 fully saturated rings. The average Bonchev–Trinajstić information content (AvgIpc) is 2.72. The fourth-order valence-corrected chi connectivity index (χ4v) is 1.60. The second-order valence-electron chi connectivity index (χ2n) is 3.50. The average molecular weight is 236 g/mol. The maximum absolute atomic E-state index is 13.6. The van der Waals surface area contributed by atoms with E-state index < -0.39 is 11.6 Å². The van der Waals surface area contributed by atoms with Crippen LogP contribution >= 0.6 is 0 Å². The number of benzene rings is 1. The third kappa shape index (κ3) is 1.95. The van der Waals surface area contributed by atoms with E-state index in [1.54, 1.807) is 0 Å². The summed E-state index contributed by atoms with van der Waals surface area (Å²) in [6, 6.07) is 3.54. The van der Waals surface area contributed by atoms with Gasteiger partial charge in [0.25, 0.3) is 0 Å². The molecule has 0 atom stereocenters. The largest absolute Gasteiger partial charge is 0.298 e. The van der Waals surface area contributed by atoms with Gasteiger partial charge in [-0.25, -0.2) is 8.78 Å². The van der Waals surface area contributed by atoms with Crippen LogP contribution in [-0.4, -0.2) is 16.1 Å². The van der Waals surface area contributed by atoms with Crippen LogP contribution in [0.25, 0.3) is 11.3 Å². The van der Waals surface area contributed by atoms with Crippen molar-refractivity contribution in [2.75, 3.05) is 0 Å². The van der Waals surface area contributed by atoms with Crippen LogP contribution in [0.1, 0.15) is 17.3 Å². The molecule has 5 heteroatoms. The lowest BCUT2D eigenvalue weighted by Crippen LogP contribution is -1.96. The highest BCUT2D eigenvalue weighted by atomic mass is 19.1. The maximum atomic E-state index is 13.6. The topological polar surface area (TPSA) is 34.9 Å². The van der Waals surface area contributed by atoms with E-state index in [2.05, 4.69) is 5.10 Å². The van der Waals surface area contributed by atoms with E-state index in [1.807, 2.05) is 6.92 Å². The van der Waals surface area contributed by atoms with Gasteiger partial charge in [-0.2, -0.15) is 5.10 Å². The van der Waals surface area contributed by atoms with Gasteiger partial charge in [0.15, 0.2) is 6.29 Å². The first-order chi connectivity index (χ1) is 8.17. The minimum atomic E-state index is -0.727. The molecule has 0 saturated carbocycles. The van der Waals surface area contributed by atoms with Crippen molar-refractivity contribution in [1.29, 1.82) is 0 Å². The minimum Gasteiger partial charge on any atom is -0.298 e. The molecule has 3 nitrogen and oxygen atoms in total. The highest BCUT2D eigenvalue weighted by Gasteiger charge is 2.18. The second-order valence-corrected chi connectivity index (χ2v) is 3.50. The predicted molar refractivity (Wildman–Crippen MR) is 58.6 cm³/mol. The zero-order valence-corrected chi connectivity index (χ0v) is 9.15. The molecule has 0 aliphatic rings. The summed E-state index contributed by atoms with van der Waals surface area (Å²) < 4.78 is 28.6. The number of rotatable bonds is 3. The Labute approximate surface area is 96.7 Å². The Balaban J connectivity index is 2.67. The quantitative estimate of drug-likeness (QED) is 0.768. The van der Waals surface area contributed by atoms with Crippen molar-refractivity contribution in [1.82, 2.24) is 9.78 Å². The minimum absolute atomic E-state index is 0.0393. The van der Waals surface area contributed by atoms with Gasteiger partial charge in [0.1, 0.15) is 17.3 Å². The van der Waals surface area contributed by atoms with Crippen LogP contribution in [0.15, 0.2) is 24.4 Å². The van der Waals surface area contributed by atoms with E-state index in [-0.39, 0.29) is 16.8 Å².